The van der Waals surface area contributed by atoms with E-state index in [9.17, 15) is 10.2 Å². The number of aliphatic hydroxyl groups excluding tert-OH is 2. The number of thioether (sulfide) groups is 1. The largest absolute Gasteiger partial charge is 0.488 e. The summed E-state index contributed by atoms with van der Waals surface area (Å²) >= 11 is 3.08. The first-order valence-corrected chi connectivity index (χ1v) is 13.2. The molecule has 0 amide bonds. The highest BCUT2D eigenvalue weighted by Crippen LogP contribution is 2.35. The molecule has 0 aliphatic rings. The minimum Gasteiger partial charge on any atom is -0.488 e. The van der Waals surface area contributed by atoms with E-state index in [1.807, 2.05) is 67.8 Å². The van der Waals surface area contributed by atoms with E-state index in [1.165, 1.54) is 16.2 Å². The van der Waals surface area contributed by atoms with Gasteiger partial charge in [0.1, 0.15) is 34.5 Å². The van der Waals surface area contributed by atoms with E-state index in [0.29, 0.717) is 23.8 Å². The minimum atomic E-state index is -0.984. The number of benzene rings is 2. The molecule has 7 nitrogen and oxygen atoms in total. The third-order valence-corrected chi connectivity index (χ3v) is 6.81. The van der Waals surface area contributed by atoms with Crippen molar-refractivity contribution >= 4 is 23.1 Å². The molecular formula is C26H28N2O5S2. The second-order valence-corrected chi connectivity index (χ2v) is 9.65. The number of nitrogens with zero attached hydrogens (tertiary/aromatic N) is 1. The van der Waals surface area contributed by atoms with Crippen molar-refractivity contribution in [3.63, 3.8) is 0 Å². The summed E-state index contributed by atoms with van der Waals surface area (Å²) < 4.78 is 17.5. The van der Waals surface area contributed by atoms with E-state index < -0.39 is 6.10 Å². The number of aromatic nitrogens is 2. The maximum absolute atomic E-state index is 9.84. The molecule has 4 aromatic rings. The fraction of sp³-hybridized carbons (Fsp3) is 0.269. The second-order valence-electron chi connectivity index (χ2n) is 7.92. The van der Waals surface area contributed by atoms with Crippen LogP contribution >= 0.6 is 23.1 Å². The number of hydrogen-bond donors (Lipinski definition) is 3. The normalized spacial score (nSPS) is 12.9. The molecule has 0 saturated heterocycles. The predicted octanol–water partition coefficient (Wildman–Crippen LogP) is 5.76. The Kier molecular flexibility index (Phi) is 8.48. The lowest BCUT2D eigenvalue weighted by molar-refractivity contribution is 0.0920. The molecule has 184 valence electrons. The van der Waals surface area contributed by atoms with Gasteiger partial charge in [-0.25, -0.2) is 4.98 Å². The van der Waals surface area contributed by atoms with Gasteiger partial charge >= 0.3 is 0 Å². The van der Waals surface area contributed by atoms with Crippen LogP contribution in [-0.4, -0.2) is 52.9 Å². The SMILES string of the molecule is COC[C@H](C)Oc1cc(Oc2ccc(SC)cc2)cc(-c2ccc(-c3nc(C(O)CO)cs3)[nH]2)c1. The number of thiazole rings is 1. The molecule has 2 heterocycles. The molecule has 0 radical (unpaired) electrons. The average molecular weight is 513 g/mol. The van der Waals surface area contributed by atoms with E-state index in [0.717, 1.165) is 27.7 Å². The van der Waals surface area contributed by atoms with Crippen molar-refractivity contribution in [2.75, 3.05) is 26.6 Å². The van der Waals surface area contributed by atoms with Crippen LogP contribution in [0.1, 0.15) is 18.7 Å². The Morgan fingerprint density at radius 1 is 1.03 bits per heavy atom. The van der Waals surface area contributed by atoms with Crippen LogP contribution in [0.15, 0.2) is 64.9 Å². The molecule has 0 bridgehead atoms. The summed E-state index contributed by atoms with van der Waals surface area (Å²) in [5.41, 5.74) is 3.03. The number of hydrogen-bond acceptors (Lipinski definition) is 8. The molecule has 0 aliphatic carbocycles. The summed E-state index contributed by atoms with van der Waals surface area (Å²) in [5.74, 6) is 2.06. The summed E-state index contributed by atoms with van der Waals surface area (Å²) in [6, 6.07) is 17.6. The van der Waals surface area contributed by atoms with Crippen molar-refractivity contribution in [3.8, 4) is 39.2 Å². The lowest BCUT2D eigenvalue weighted by Gasteiger charge is -2.16. The molecule has 0 spiro atoms. The third kappa shape index (κ3) is 6.45. The molecular weight excluding hydrogens is 484 g/mol. The topological polar surface area (TPSA) is 96.8 Å². The highest BCUT2D eigenvalue weighted by molar-refractivity contribution is 7.98. The van der Waals surface area contributed by atoms with Gasteiger partial charge in [-0.05, 0) is 61.7 Å². The monoisotopic (exact) mass is 512 g/mol. The van der Waals surface area contributed by atoms with Crippen LogP contribution in [0.2, 0.25) is 0 Å². The van der Waals surface area contributed by atoms with Crippen LogP contribution in [0.5, 0.6) is 17.2 Å². The van der Waals surface area contributed by atoms with E-state index in [-0.39, 0.29) is 12.7 Å². The quantitative estimate of drug-likeness (QED) is 0.220. The number of ether oxygens (including phenoxy) is 3. The lowest BCUT2D eigenvalue weighted by atomic mass is 10.1. The number of aromatic amines is 1. The van der Waals surface area contributed by atoms with Crippen LogP contribution in [-0.2, 0) is 4.74 Å². The number of H-pyrrole nitrogens is 1. The Labute approximate surface area is 212 Å². The van der Waals surface area contributed by atoms with Crippen LogP contribution in [0, 0.1) is 0 Å². The zero-order chi connectivity index (χ0) is 24.8. The number of nitrogens with one attached hydrogen (secondary N) is 1. The van der Waals surface area contributed by atoms with Crippen LogP contribution < -0.4 is 9.47 Å². The van der Waals surface area contributed by atoms with E-state index in [1.54, 1.807) is 24.3 Å². The van der Waals surface area contributed by atoms with Crippen molar-refractivity contribution in [2.24, 2.45) is 0 Å². The summed E-state index contributed by atoms with van der Waals surface area (Å²) in [6.07, 6.45) is 0.924. The first kappa shape index (κ1) is 25.3. The fourth-order valence-corrected chi connectivity index (χ4v) is 4.73. The number of aliphatic hydroxyl groups is 2. The fourth-order valence-electron chi connectivity index (χ4n) is 3.48. The average Bonchev–Trinajstić information content (AvgIpc) is 3.54. The van der Waals surface area contributed by atoms with Gasteiger partial charge < -0.3 is 29.4 Å². The zero-order valence-electron chi connectivity index (χ0n) is 19.7. The highest BCUT2D eigenvalue weighted by Gasteiger charge is 2.15. The van der Waals surface area contributed by atoms with Gasteiger partial charge in [-0.2, -0.15) is 0 Å². The molecule has 0 fully saturated rings. The van der Waals surface area contributed by atoms with Gasteiger partial charge in [-0.15, -0.1) is 23.1 Å². The summed E-state index contributed by atoms with van der Waals surface area (Å²) in [7, 11) is 1.65. The van der Waals surface area contributed by atoms with Crippen molar-refractivity contribution in [1.82, 2.24) is 9.97 Å². The third-order valence-electron chi connectivity index (χ3n) is 5.18. The van der Waals surface area contributed by atoms with Gasteiger partial charge in [0.15, 0.2) is 0 Å². The number of rotatable bonds is 11. The lowest BCUT2D eigenvalue weighted by Crippen LogP contribution is -2.17. The minimum absolute atomic E-state index is 0.130. The first-order valence-electron chi connectivity index (χ1n) is 11.1. The molecule has 4 rings (SSSR count). The molecule has 2 aromatic heterocycles. The molecule has 35 heavy (non-hydrogen) atoms. The first-order chi connectivity index (χ1) is 17.0. The Hall–Kier alpha value is -2.82. The molecule has 1 unspecified atom stereocenters. The van der Waals surface area contributed by atoms with E-state index in [4.69, 9.17) is 14.2 Å². The van der Waals surface area contributed by atoms with Crippen molar-refractivity contribution < 1.29 is 24.4 Å². The van der Waals surface area contributed by atoms with Crippen LogP contribution in [0.3, 0.4) is 0 Å². The Morgan fingerprint density at radius 3 is 2.49 bits per heavy atom. The molecule has 3 N–H and O–H groups in total. The summed E-state index contributed by atoms with van der Waals surface area (Å²) in [4.78, 5) is 8.99. The van der Waals surface area contributed by atoms with Gasteiger partial charge in [0.2, 0.25) is 0 Å². The number of methoxy groups -OCH3 is 1. The van der Waals surface area contributed by atoms with Crippen molar-refractivity contribution in [1.29, 1.82) is 0 Å². The summed E-state index contributed by atoms with van der Waals surface area (Å²) in [5, 5.41) is 21.5. The highest BCUT2D eigenvalue weighted by atomic mass is 32.2. The maximum atomic E-state index is 9.84. The molecule has 0 aliphatic heterocycles. The predicted molar refractivity (Wildman–Crippen MR) is 140 cm³/mol. The molecule has 0 saturated carbocycles. The van der Waals surface area contributed by atoms with Gasteiger partial charge in [0.25, 0.3) is 0 Å². The van der Waals surface area contributed by atoms with Crippen LogP contribution in [0.4, 0.5) is 0 Å². The Bertz CT molecular complexity index is 1240. The molecule has 2 atom stereocenters. The van der Waals surface area contributed by atoms with Gasteiger partial charge in [0, 0.05) is 34.7 Å². The van der Waals surface area contributed by atoms with E-state index in [2.05, 4.69) is 9.97 Å². The maximum Gasteiger partial charge on any atom is 0.140 e. The van der Waals surface area contributed by atoms with E-state index >= 15 is 0 Å². The smallest absolute Gasteiger partial charge is 0.140 e. The molecule has 9 heteroatoms. The zero-order valence-corrected chi connectivity index (χ0v) is 21.4. The van der Waals surface area contributed by atoms with Crippen LogP contribution in [0.25, 0.3) is 22.0 Å². The second kappa shape index (κ2) is 11.7. The Balaban J connectivity index is 1.63. The standard InChI is InChI=1S/C26H28N2O5S2/c1-16(14-31-2)32-19-10-17(11-20(12-19)33-18-4-6-21(34-3)7-5-18)22-8-9-23(27-22)26-28-24(15-35-26)25(30)13-29/h4-12,15-16,25,27,29-30H,13-14H2,1-3H3/t16-,25?/m0/s1. The Morgan fingerprint density at radius 2 is 1.77 bits per heavy atom. The van der Waals surface area contributed by atoms with Gasteiger partial charge in [0.05, 0.1) is 24.6 Å². The molecule has 2 aromatic carbocycles. The van der Waals surface area contributed by atoms with Crippen molar-refractivity contribution in [3.05, 3.63) is 65.7 Å². The summed E-state index contributed by atoms with van der Waals surface area (Å²) in [6.45, 7) is 2.05. The van der Waals surface area contributed by atoms with Gasteiger partial charge in [-0.1, -0.05) is 0 Å². The van der Waals surface area contributed by atoms with Gasteiger partial charge in [-0.3, -0.25) is 0 Å². The van der Waals surface area contributed by atoms with Crippen molar-refractivity contribution in [2.45, 2.75) is 24.0 Å².